The number of hydrogen-bond donors (Lipinski definition) is 1. The van der Waals surface area contributed by atoms with Crippen LogP contribution in [-0.2, 0) is 0 Å². The highest BCUT2D eigenvalue weighted by atomic mass is 19.1. The highest BCUT2D eigenvalue weighted by molar-refractivity contribution is 5.82. The Hall–Kier alpha value is -3.11. The summed E-state index contributed by atoms with van der Waals surface area (Å²) in [5, 5.41) is 9.13. The van der Waals surface area contributed by atoms with Gasteiger partial charge >= 0.3 is 0 Å². The lowest BCUT2D eigenvalue weighted by Crippen LogP contribution is -2.28. The summed E-state index contributed by atoms with van der Waals surface area (Å²) >= 11 is 0. The summed E-state index contributed by atoms with van der Waals surface area (Å²) in [6.45, 7) is 3.25. The molecule has 1 unspecified atom stereocenters. The summed E-state index contributed by atoms with van der Waals surface area (Å²) in [5.74, 6) is -1.23. The second-order valence-corrected chi connectivity index (χ2v) is 5.80. The van der Waals surface area contributed by atoms with Crippen molar-refractivity contribution in [3.05, 3.63) is 69.3 Å². The van der Waals surface area contributed by atoms with Crippen molar-refractivity contribution in [2.24, 2.45) is 5.73 Å². The van der Waals surface area contributed by atoms with Crippen LogP contribution in [0.5, 0.6) is 0 Å². The number of benzene rings is 2. The van der Waals surface area contributed by atoms with Crippen LogP contribution in [0.4, 0.5) is 8.78 Å². The zero-order valence-electron chi connectivity index (χ0n) is 13.5. The summed E-state index contributed by atoms with van der Waals surface area (Å²) in [6.07, 6.45) is 0. The molecular weight excluding hydrogens is 326 g/mol. The molecule has 0 aliphatic rings. The summed E-state index contributed by atoms with van der Waals surface area (Å²) in [7, 11) is 0. The van der Waals surface area contributed by atoms with Crippen LogP contribution in [0.2, 0.25) is 0 Å². The van der Waals surface area contributed by atoms with Gasteiger partial charge in [0.1, 0.15) is 23.0 Å². The molecule has 0 amide bonds. The first-order chi connectivity index (χ1) is 11.8. The number of hydrogen-bond acceptors (Lipinski definition) is 4. The van der Waals surface area contributed by atoms with E-state index in [9.17, 15) is 13.6 Å². The molecule has 0 radical (unpaired) electrons. The first-order valence-corrected chi connectivity index (χ1v) is 7.52. The smallest absolute Gasteiger partial charge is 0.266 e. The number of rotatable bonds is 2. The van der Waals surface area contributed by atoms with Gasteiger partial charge in [0.25, 0.3) is 5.56 Å². The number of nitrogens with two attached hydrogens (primary N) is 1. The van der Waals surface area contributed by atoms with Crippen LogP contribution in [0.25, 0.3) is 16.6 Å². The number of aryl methyl sites for hydroxylation is 1. The van der Waals surface area contributed by atoms with Crippen molar-refractivity contribution in [2.75, 3.05) is 0 Å². The summed E-state index contributed by atoms with van der Waals surface area (Å²) in [4.78, 5) is 17.2. The molecular formula is C18H14F2N4O. The standard InChI is InChI=1S/C18H14F2N4O/c1-9-3-4-14(20)16-15(9)18(25)24(17(23-16)10(2)22)13-6-11(8-21)5-12(19)7-13/h3-7,10H,22H2,1-2H3. The Morgan fingerprint density at radius 2 is 2.00 bits per heavy atom. The quantitative estimate of drug-likeness (QED) is 0.777. The highest BCUT2D eigenvalue weighted by Gasteiger charge is 2.19. The maximum absolute atomic E-state index is 14.2. The van der Waals surface area contributed by atoms with Crippen molar-refractivity contribution in [3.63, 3.8) is 0 Å². The molecule has 3 aromatic rings. The molecule has 1 aromatic heterocycles. The Morgan fingerprint density at radius 3 is 2.64 bits per heavy atom. The largest absolute Gasteiger partial charge is 0.322 e. The highest BCUT2D eigenvalue weighted by Crippen LogP contribution is 2.22. The molecule has 1 atom stereocenters. The van der Waals surface area contributed by atoms with Crippen LogP contribution in [0.15, 0.2) is 35.1 Å². The van der Waals surface area contributed by atoms with Crippen molar-refractivity contribution < 1.29 is 8.78 Å². The van der Waals surface area contributed by atoms with Gasteiger partial charge in [-0.3, -0.25) is 9.36 Å². The van der Waals surface area contributed by atoms with Crippen molar-refractivity contribution in [1.82, 2.24) is 9.55 Å². The van der Waals surface area contributed by atoms with E-state index in [2.05, 4.69) is 4.98 Å². The first kappa shape index (κ1) is 16.7. The molecule has 0 saturated heterocycles. The minimum atomic E-state index is -0.717. The van der Waals surface area contributed by atoms with Crippen molar-refractivity contribution in [3.8, 4) is 11.8 Å². The summed E-state index contributed by atoms with van der Waals surface area (Å²) < 4.78 is 29.1. The van der Waals surface area contributed by atoms with Gasteiger partial charge < -0.3 is 5.73 Å². The van der Waals surface area contributed by atoms with E-state index in [1.807, 2.05) is 6.07 Å². The SMILES string of the molecule is Cc1ccc(F)c2nc(C(C)N)n(-c3cc(F)cc(C#N)c3)c(=O)c12. The summed E-state index contributed by atoms with van der Waals surface area (Å²) in [5.41, 5.74) is 5.97. The van der Waals surface area contributed by atoms with Gasteiger partial charge in [-0.05, 0) is 43.7 Å². The number of halogens is 2. The number of fused-ring (bicyclic) bond motifs is 1. The van der Waals surface area contributed by atoms with E-state index in [0.29, 0.717) is 5.56 Å². The van der Waals surface area contributed by atoms with Crippen LogP contribution < -0.4 is 11.3 Å². The number of aromatic nitrogens is 2. The zero-order valence-corrected chi connectivity index (χ0v) is 13.5. The first-order valence-electron chi connectivity index (χ1n) is 7.52. The molecule has 7 heteroatoms. The van der Waals surface area contributed by atoms with E-state index in [1.165, 1.54) is 18.2 Å². The van der Waals surface area contributed by atoms with Crippen LogP contribution in [0.3, 0.4) is 0 Å². The van der Waals surface area contributed by atoms with Gasteiger partial charge in [-0.15, -0.1) is 0 Å². The molecule has 126 valence electrons. The Labute approximate surface area is 142 Å². The van der Waals surface area contributed by atoms with E-state index in [4.69, 9.17) is 11.0 Å². The fourth-order valence-electron chi connectivity index (χ4n) is 2.75. The Morgan fingerprint density at radius 1 is 1.28 bits per heavy atom. The lowest BCUT2D eigenvalue weighted by molar-refractivity contribution is 0.620. The van der Waals surface area contributed by atoms with E-state index in [0.717, 1.165) is 16.7 Å². The zero-order chi connectivity index (χ0) is 18.3. The summed E-state index contributed by atoms with van der Waals surface area (Å²) in [6, 6.07) is 7.35. The predicted octanol–water partition coefficient (Wildman–Crippen LogP) is 2.86. The van der Waals surface area contributed by atoms with Gasteiger partial charge in [-0.25, -0.2) is 13.8 Å². The molecule has 5 nitrogen and oxygen atoms in total. The molecule has 0 aliphatic carbocycles. The van der Waals surface area contributed by atoms with E-state index < -0.39 is 23.2 Å². The Kier molecular flexibility index (Phi) is 4.07. The molecule has 2 aromatic carbocycles. The fraction of sp³-hybridized carbons (Fsp3) is 0.167. The molecule has 0 saturated carbocycles. The Bertz CT molecular complexity index is 1100. The second kappa shape index (κ2) is 6.07. The van der Waals surface area contributed by atoms with Gasteiger partial charge in [-0.2, -0.15) is 5.26 Å². The van der Waals surface area contributed by atoms with E-state index in [1.54, 1.807) is 13.8 Å². The lowest BCUT2D eigenvalue weighted by atomic mass is 10.1. The van der Waals surface area contributed by atoms with Gasteiger partial charge in [0.2, 0.25) is 0 Å². The van der Waals surface area contributed by atoms with Crippen LogP contribution in [-0.4, -0.2) is 9.55 Å². The third-order valence-corrected chi connectivity index (χ3v) is 3.89. The van der Waals surface area contributed by atoms with Crippen molar-refractivity contribution >= 4 is 10.9 Å². The molecule has 0 aliphatic heterocycles. The Balaban J connectivity index is 2.51. The predicted molar refractivity (Wildman–Crippen MR) is 89.3 cm³/mol. The van der Waals surface area contributed by atoms with E-state index >= 15 is 0 Å². The maximum atomic E-state index is 14.2. The minimum absolute atomic E-state index is 0.0496. The third kappa shape index (κ3) is 2.77. The molecule has 0 fully saturated rings. The lowest BCUT2D eigenvalue weighted by Gasteiger charge is -2.17. The number of nitrogens with zero attached hydrogens (tertiary/aromatic N) is 3. The second-order valence-electron chi connectivity index (χ2n) is 5.80. The molecule has 25 heavy (non-hydrogen) atoms. The topological polar surface area (TPSA) is 84.7 Å². The minimum Gasteiger partial charge on any atom is -0.322 e. The molecule has 3 rings (SSSR count). The van der Waals surface area contributed by atoms with Gasteiger partial charge in [0.15, 0.2) is 0 Å². The molecule has 0 spiro atoms. The fourth-order valence-corrected chi connectivity index (χ4v) is 2.75. The van der Waals surface area contributed by atoms with E-state index in [-0.39, 0.29) is 28.0 Å². The molecule has 1 heterocycles. The van der Waals surface area contributed by atoms with Crippen molar-refractivity contribution in [1.29, 1.82) is 5.26 Å². The van der Waals surface area contributed by atoms with Crippen LogP contribution >= 0.6 is 0 Å². The van der Waals surface area contributed by atoms with Crippen molar-refractivity contribution in [2.45, 2.75) is 19.9 Å². The maximum Gasteiger partial charge on any atom is 0.266 e. The average Bonchev–Trinajstić information content (AvgIpc) is 2.56. The van der Waals surface area contributed by atoms with Gasteiger partial charge in [-0.1, -0.05) is 6.07 Å². The molecule has 0 bridgehead atoms. The normalized spacial score (nSPS) is 12.2. The monoisotopic (exact) mass is 340 g/mol. The average molecular weight is 340 g/mol. The van der Waals surface area contributed by atoms with Gasteiger partial charge in [0.05, 0.1) is 28.7 Å². The van der Waals surface area contributed by atoms with Gasteiger partial charge in [0, 0.05) is 0 Å². The van der Waals surface area contributed by atoms with Crippen LogP contribution in [0.1, 0.15) is 29.9 Å². The van der Waals surface area contributed by atoms with Crippen LogP contribution in [0, 0.1) is 29.9 Å². The number of nitriles is 1. The third-order valence-electron chi connectivity index (χ3n) is 3.89. The molecule has 2 N–H and O–H groups in total.